The van der Waals surface area contributed by atoms with Crippen molar-refractivity contribution in [2.45, 2.75) is 0 Å². The Kier molecular flexibility index (Phi) is 4.92. The molecule has 4 rings (SSSR count). The SMILES string of the molecule is Cn1cnc(/C=C2/C(=O)NC(=S)N(c3ccc(Oc4ccccc4)cc3)C2=O)c1. The molecule has 1 saturated heterocycles. The molecule has 8 heteroatoms. The van der Waals surface area contributed by atoms with Crippen molar-refractivity contribution in [3.8, 4) is 11.5 Å². The third-order valence-electron chi connectivity index (χ3n) is 4.19. The highest BCUT2D eigenvalue weighted by Crippen LogP contribution is 2.26. The Hall–Kier alpha value is -3.78. The minimum atomic E-state index is -0.550. The highest BCUT2D eigenvalue weighted by molar-refractivity contribution is 7.80. The summed E-state index contributed by atoms with van der Waals surface area (Å²) in [6, 6.07) is 16.2. The van der Waals surface area contributed by atoms with Crippen LogP contribution in [0.4, 0.5) is 5.69 Å². The second kappa shape index (κ2) is 7.69. The fraction of sp³-hybridized carbons (Fsp3) is 0.0476. The van der Waals surface area contributed by atoms with Gasteiger partial charge in [-0.1, -0.05) is 18.2 Å². The summed E-state index contributed by atoms with van der Waals surface area (Å²) in [5.41, 5.74) is 0.986. The van der Waals surface area contributed by atoms with E-state index in [2.05, 4.69) is 10.3 Å². The van der Waals surface area contributed by atoms with Crippen LogP contribution in [-0.2, 0) is 16.6 Å². The Labute approximate surface area is 172 Å². The van der Waals surface area contributed by atoms with Gasteiger partial charge in [0.25, 0.3) is 11.8 Å². The summed E-state index contributed by atoms with van der Waals surface area (Å²) in [7, 11) is 1.80. The quantitative estimate of drug-likeness (QED) is 0.411. The van der Waals surface area contributed by atoms with Crippen LogP contribution in [0.3, 0.4) is 0 Å². The third-order valence-corrected chi connectivity index (χ3v) is 4.48. The lowest BCUT2D eigenvalue weighted by Gasteiger charge is -2.28. The number of anilines is 1. The molecule has 1 aromatic heterocycles. The smallest absolute Gasteiger partial charge is 0.270 e. The molecule has 1 N–H and O–H groups in total. The number of amides is 2. The first-order valence-electron chi connectivity index (χ1n) is 8.73. The lowest BCUT2D eigenvalue weighted by atomic mass is 10.1. The average molecular weight is 404 g/mol. The topological polar surface area (TPSA) is 76.5 Å². The lowest BCUT2D eigenvalue weighted by Crippen LogP contribution is -2.54. The number of thiocarbonyl (C=S) groups is 1. The summed E-state index contributed by atoms with van der Waals surface area (Å²) in [4.78, 5) is 30.7. The number of hydrogen-bond donors (Lipinski definition) is 1. The van der Waals surface area contributed by atoms with E-state index in [1.807, 2.05) is 30.3 Å². The van der Waals surface area contributed by atoms with E-state index in [9.17, 15) is 9.59 Å². The third kappa shape index (κ3) is 3.92. The van der Waals surface area contributed by atoms with E-state index < -0.39 is 11.8 Å². The van der Waals surface area contributed by atoms with Gasteiger partial charge in [-0.3, -0.25) is 19.8 Å². The molecule has 0 atom stereocenters. The van der Waals surface area contributed by atoms with Gasteiger partial charge in [0.2, 0.25) is 0 Å². The minimum absolute atomic E-state index is 0.0231. The molecule has 0 spiro atoms. The van der Waals surface area contributed by atoms with Crippen molar-refractivity contribution in [2.24, 2.45) is 7.05 Å². The first-order valence-corrected chi connectivity index (χ1v) is 9.14. The monoisotopic (exact) mass is 404 g/mol. The van der Waals surface area contributed by atoms with Crippen LogP contribution < -0.4 is 15.0 Å². The molecule has 1 aliphatic heterocycles. The van der Waals surface area contributed by atoms with Gasteiger partial charge in [0, 0.05) is 13.2 Å². The zero-order chi connectivity index (χ0) is 20.4. The van der Waals surface area contributed by atoms with Crippen LogP contribution >= 0.6 is 12.2 Å². The average Bonchev–Trinajstić information content (AvgIpc) is 3.12. The summed E-state index contributed by atoms with van der Waals surface area (Å²) in [6.07, 6.45) is 4.74. The molecule has 2 heterocycles. The van der Waals surface area contributed by atoms with Crippen LogP contribution in [-0.4, -0.2) is 26.5 Å². The maximum atomic E-state index is 13.0. The van der Waals surface area contributed by atoms with Gasteiger partial charge in [0.1, 0.15) is 17.1 Å². The van der Waals surface area contributed by atoms with Crippen molar-refractivity contribution < 1.29 is 14.3 Å². The van der Waals surface area contributed by atoms with Crippen LogP contribution in [0.5, 0.6) is 11.5 Å². The molecule has 144 valence electrons. The van der Waals surface area contributed by atoms with Crippen molar-refractivity contribution in [3.05, 3.63) is 78.4 Å². The second-order valence-electron chi connectivity index (χ2n) is 6.33. The highest BCUT2D eigenvalue weighted by Gasteiger charge is 2.34. The number of carbonyl (C=O) groups excluding carboxylic acids is 2. The number of nitrogens with zero attached hydrogens (tertiary/aromatic N) is 3. The molecule has 0 aliphatic carbocycles. The molecule has 7 nitrogen and oxygen atoms in total. The number of aromatic nitrogens is 2. The Bertz CT molecular complexity index is 1120. The van der Waals surface area contributed by atoms with Crippen LogP contribution in [0.25, 0.3) is 6.08 Å². The van der Waals surface area contributed by atoms with Crippen LogP contribution in [0.2, 0.25) is 0 Å². The number of imidazole rings is 1. The first-order chi connectivity index (χ1) is 14.0. The maximum Gasteiger partial charge on any atom is 0.270 e. The van der Waals surface area contributed by atoms with Gasteiger partial charge in [0.15, 0.2) is 5.11 Å². The molecular formula is C21H16N4O3S. The number of benzene rings is 2. The molecule has 3 aromatic rings. The minimum Gasteiger partial charge on any atom is -0.457 e. The molecule has 1 aliphatic rings. The number of aryl methyl sites for hydroxylation is 1. The molecule has 0 bridgehead atoms. The van der Waals surface area contributed by atoms with Crippen LogP contribution in [0, 0.1) is 0 Å². The molecule has 2 aromatic carbocycles. The van der Waals surface area contributed by atoms with E-state index in [0.29, 0.717) is 22.9 Å². The van der Waals surface area contributed by atoms with Crippen molar-refractivity contribution in [2.75, 3.05) is 4.90 Å². The number of ether oxygens (including phenoxy) is 1. The Balaban J connectivity index is 1.59. The zero-order valence-corrected chi connectivity index (χ0v) is 16.2. The lowest BCUT2D eigenvalue weighted by molar-refractivity contribution is -0.122. The van der Waals surface area contributed by atoms with Gasteiger partial charge >= 0.3 is 0 Å². The Morgan fingerprint density at radius 2 is 1.72 bits per heavy atom. The second-order valence-corrected chi connectivity index (χ2v) is 6.72. The first kappa shape index (κ1) is 18.6. The fourth-order valence-electron chi connectivity index (χ4n) is 2.84. The highest BCUT2D eigenvalue weighted by atomic mass is 32.1. The summed E-state index contributed by atoms with van der Waals surface area (Å²) < 4.78 is 7.49. The molecule has 29 heavy (non-hydrogen) atoms. The molecule has 2 amide bonds. The largest absolute Gasteiger partial charge is 0.457 e. The number of nitrogens with one attached hydrogen (secondary N) is 1. The number of carbonyl (C=O) groups is 2. The van der Waals surface area contributed by atoms with Gasteiger partial charge in [-0.15, -0.1) is 0 Å². The zero-order valence-electron chi connectivity index (χ0n) is 15.4. The van der Waals surface area contributed by atoms with Crippen LogP contribution in [0.1, 0.15) is 5.69 Å². The van der Waals surface area contributed by atoms with Crippen molar-refractivity contribution in [1.82, 2.24) is 14.9 Å². The normalized spacial score (nSPS) is 15.6. The van der Waals surface area contributed by atoms with Crippen molar-refractivity contribution >= 4 is 40.9 Å². The van der Waals surface area contributed by atoms with E-state index in [0.717, 1.165) is 0 Å². The van der Waals surface area contributed by atoms with Gasteiger partial charge in [-0.2, -0.15) is 0 Å². The van der Waals surface area contributed by atoms with E-state index >= 15 is 0 Å². The summed E-state index contributed by atoms with van der Waals surface area (Å²) in [5.74, 6) is 0.258. The predicted octanol–water partition coefficient (Wildman–Crippen LogP) is 3.04. The number of rotatable bonds is 4. The maximum absolute atomic E-state index is 13.0. The van der Waals surface area contributed by atoms with Gasteiger partial charge in [-0.25, -0.2) is 4.98 Å². The molecular weight excluding hydrogens is 388 g/mol. The van der Waals surface area contributed by atoms with E-state index in [1.165, 1.54) is 11.0 Å². The predicted molar refractivity (Wildman–Crippen MR) is 112 cm³/mol. The van der Waals surface area contributed by atoms with Crippen LogP contribution in [0.15, 0.2) is 72.7 Å². The van der Waals surface area contributed by atoms with E-state index in [-0.39, 0.29) is 10.7 Å². The summed E-state index contributed by atoms with van der Waals surface area (Å²) >= 11 is 5.22. The van der Waals surface area contributed by atoms with Gasteiger partial charge in [0.05, 0.1) is 17.7 Å². The molecule has 1 fully saturated rings. The number of para-hydroxylation sites is 1. The summed E-state index contributed by atoms with van der Waals surface area (Å²) in [5, 5.41) is 2.58. The summed E-state index contributed by atoms with van der Waals surface area (Å²) in [6.45, 7) is 0. The van der Waals surface area contributed by atoms with E-state index in [1.54, 1.807) is 48.4 Å². The standard InChI is InChI=1S/C21H16N4O3S/c1-24-12-14(22-13-24)11-18-19(26)23-21(29)25(20(18)27)15-7-9-17(10-8-15)28-16-5-3-2-4-6-16/h2-13H,1H3,(H,23,26,29)/b18-11-. The fourth-order valence-corrected chi connectivity index (χ4v) is 3.12. The number of hydrogen-bond acceptors (Lipinski definition) is 5. The Morgan fingerprint density at radius 1 is 1.03 bits per heavy atom. The molecule has 0 saturated carbocycles. The van der Waals surface area contributed by atoms with E-state index in [4.69, 9.17) is 17.0 Å². The van der Waals surface area contributed by atoms with Crippen molar-refractivity contribution in [3.63, 3.8) is 0 Å². The van der Waals surface area contributed by atoms with Gasteiger partial charge in [-0.05, 0) is 54.7 Å². The Morgan fingerprint density at radius 3 is 2.38 bits per heavy atom. The molecule has 0 radical (unpaired) electrons. The molecule has 0 unspecified atom stereocenters. The van der Waals surface area contributed by atoms with Crippen molar-refractivity contribution in [1.29, 1.82) is 0 Å². The van der Waals surface area contributed by atoms with Gasteiger partial charge < -0.3 is 9.30 Å².